The monoisotopic (exact) mass is 322 g/mol. The molecule has 6 heteroatoms. The summed E-state index contributed by atoms with van der Waals surface area (Å²) in [5.74, 6) is -0.204. The van der Waals surface area contributed by atoms with Crippen molar-refractivity contribution in [2.75, 3.05) is 5.32 Å². The zero-order valence-corrected chi connectivity index (χ0v) is 13.2. The first kappa shape index (κ1) is 13.5. The lowest BCUT2D eigenvalue weighted by molar-refractivity contribution is 0.103. The molecule has 0 radical (unpaired) electrons. The molecule has 0 fully saturated rings. The van der Waals surface area contributed by atoms with Crippen molar-refractivity contribution in [2.24, 2.45) is 0 Å². The topological polar surface area (TPSA) is 42.0 Å². The number of anilines is 1. The predicted molar refractivity (Wildman–Crippen MR) is 86.4 cm³/mol. The third-order valence-corrected chi connectivity index (χ3v) is 5.43. The number of thiophene rings is 1. The number of nitrogens with zero attached hydrogens (tertiary/aromatic N) is 1. The Morgan fingerprint density at radius 3 is 2.80 bits per heavy atom. The Balaban J connectivity index is 1.99. The molecule has 0 aliphatic rings. The highest BCUT2D eigenvalue weighted by atomic mass is 35.5. The summed E-state index contributed by atoms with van der Waals surface area (Å²) < 4.78 is 1.02. The van der Waals surface area contributed by atoms with Gasteiger partial charge in [-0.2, -0.15) is 0 Å². The van der Waals surface area contributed by atoms with Crippen LogP contribution in [0.2, 0.25) is 5.02 Å². The number of aromatic nitrogens is 1. The fraction of sp³-hybridized carbons (Fsp3) is 0.143. The van der Waals surface area contributed by atoms with Gasteiger partial charge in [-0.15, -0.1) is 22.7 Å². The van der Waals surface area contributed by atoms with Crippen LogP contribution in [0, 0.1) is 13.8 Å². The summed E-state index contributed by atoms with van der Waals surface area (Å²) in [6.07, 6.45) is 0. The molecule has 0 aliphatic heterocycles. The summed E-state index contributed by atoms with van der Waals surface area (Å²) in [4.78, 5) is 17.1. The molecule has 2 aromatic heterocycles. The second-order valence-corrected chi connectivity index (χ2v) is 6.73. The number of carbonyl (C=O) groups is 1. The Hall–Kier alpha value is -1.43. The number of nitrogens with one attached hydrogen (secondary N) is 1. The van der Waals surface area contributed by atoms with E-state index >= 15 is 0 Å². The molecule has 0 bridgehead atoms. The molecule has 1 amide bonds. The molecule has 3 rings (SSSR count). The van der Waals surface area contributed by atoms with Crippen molar-refractivity contribution in [1.82, 2.24) is 4.98 Å². The number of halogens is 1. The van der Waals surface area contributed by atoms with Crippen LogP contribution in [0.3, 0.4) is 0 Å². The van der Waals surface area contributed by atoms with Gasteiger partial charge in [0.1, 0.15) is 4.88 Å². The molecule has 3 aromatic rings. The van der Waals surface area contributed by atoms with Crippen LogP contribution in [0.4, 0.5) is 5.13 Å². The van der Waals surface area contributed by atoms with E-state index in [1.807, 2.05) is 37.4 Å². The van der Waals surface area contributed by atoms with Crippen LogP contribution in [-0.4, -0.2) is 10.9 Å². The number of hydrogen-bond acceptors (Lipinski definition) is 4. The highest BCUT2D eigenvalue weighted by Gasteiger charge is 2.19. The van der Waals surface area contributed by atoms with E-state index in [-0.39, 0.29) is 5.91 Å². The Morgan fingerprint density at radius 1 is 1.35 bits per heavy atom. The number of amides is 1. The molecule has 3 nitrogen and oxygen atoms in total. The maximum absolute atomic E-state index is 12.3. The van der Waals surface area contributed by atoms with Gasteiger partial charge in [-0.25, -0.2) is 4.98 Å². The molecule has 0 aliphatic carbocycles. The molecule has 102 valence electrons. The second-order valence-electron chi connectivity index (χ2n) is 4.44. The van der Waals surface area contributed by atoms with E-state index in [4.69, 9.17) is 11.6 Å². The molecule has 2 heterocycles. The van der Waals surface area contributed by atoms with E-state index in [0.717, 1.165) is 21.3 Å². The van der Waals surface area contributed by atoms with Gasteiger partial charge >= 0.3 is 0 Å². The van der Waals surface area contributed by atoms with E-state index < -0.39 is 0 Å². The van der Waals surface area contributed by atoms with Crippen LogP contribution in [-0.2, 0) is 0 Å². The maximum Gasteiger partial charge on any atom is 0.269 e. The largest absolute Gasteiger partial charge is 0.297 e. The number of carbonyl (C=O) groups excluding carboxylic acids is 1. The van der Waals surface area contributed by atoms with Gasteiger partial charge in [0.15, 0.2) is 5.13 Å². The molecule has 1 aromatic carbocycles. The summed E-state index contributed by atoms with van der Waals surface area (Å²) >= 11 is 9.17. The van der Waals surface area contributed by atoms with Crippen LogP contribution >= 0.6 is 34.3 Å². The Bertz CT molecular complexity index is 807. The average molecular weight is 323 g/mol. The third-order valence-electron chi connectivity index (χ3n) is 2.91. The van der Waals surface area contributed by atoms with E-state index in [1.54, 1.807) is 0 Å². The predicted octanol–water partition coefficient (Wildman–Crippen LogP) is 4.88. The number of aryl methyl sites for hydroxylation is 2. The van der Waals surface area contributed by atoms with E-state index in [9.17, 15) is 4.79 Å². The minimum Gasteiger partial charge on any atom is -0.297 e. The molecular formula is C14H11ClN2OS2. The highest BCUT2D eigenvalue weighted by Crippen LogP contribution is 2.37. The molecule has 0 atom stereocenters. The maximum atomic E-state index is 12.3. The summed E-state index contributed by atoms with van der Waals surface area (Å²) in [6.45, 7) is 3.88. The van der Waals surface area contributed by atoms with Gasteiger partial charge in [0.05, 0.1) is 10.7 Å². The van der Waals surface area contributed by atoms with Crippen molar-refractivity contribution in [3.8, 4) is 0 Å². The lowest BCUT2D eigenvalue weighted by Crippen LogP contribution is -2.10. The first-order valence-corrected chi connectivity index (χ1v) is 8.05. The molecule has 0 saturated carbocycles. The van der Waals surface area contributed by atoms with Crippen LogP contribution < -0.4 is 5.32 Å². The van der Waals surface area contributed by atoms with Crippen LogP contribution in [0.15, 0.2) is 23.6 Å². The molecule has 0 spiro atoms. The molecule has 1 N–H and O–H groups in total. The number of benzene rings is 1. The number of fused-ring (bicyclic) bond motifs is 1. The second kappa shape index (κ2) is 5.16. The summed E-state index contributed by atoms with van der Waals surface area (Å²) in [7, 11) is 0. The van der Waals surface area contributed by atoms with Crippen molar-refractivity contribution < 1.29 is 4.79 Å². The lowest BCUT2D eigenvalue weighted by atomic mass is 10.1. The zero-order chi connectivity index (χ0) is 14.3. The van der Waals surface area contributed by atoms with Gasteiger partial charge in [0, 0.05) is 15.5 Å². The quantitative estimate of drug-likeness (QED) is 0.730. The van der Waals surface area contributed by atoms with E-state index in [2.05, 4.69) is 10.3 Å². The normalized spacial score (nSPS) is 10.9. The number of hydrogen-bond donors (Lipinski definition) is 1. The van der Waals surface area contributed by atoms with Gasteiger partial charge in [0.25, 0.3) is 5.91 Å². The van der Waals surface area contributed by atoms with Crippen LogP contribution in [0.25, 0.3) is 10.1 Å². The van der Waals surface area contributed by atoms with Gasteiger partial charge in [-0.05, 0) is 25.5 Å². The molecule has 20 heavy (non-hydrogen) atoms. The van der Waals surface area contributed by atoms with Crippen molar-refractivity contribution in [3.05, 3.63) is 44.7 Å². The SMILES string of the molecule is Cc1csc(NC(=O)c2sc3cccc(C)c3c2Cl)n1. The van der Waals surface area contributed by atoms with Crippen molar-refractivity contribution in [2.45, 2.75) is 13.8 Å². The van der Waals surface area contributed by atoms with Gasteiger partial charge in [-0.3, -0.25) is 10.1 Å². The average Bonchev–Trinajstić information content (AvgIpc) is 2.95. The fourth-order valence-electron chi connectivity index (χ4n) is 1.99. The van der Waals surface area contributed by atoms with Crippen LogP contribution in [0.5, 0.6) is 0 Å². The Kier molecular flexibility index (Phi) is 3.50. The van der Waals surface area contributed by atoms with Crippen LogP contribution in [0.1, 0.15) is 20.9 Å². The minimum absolute atomic E-state index is 0.204. The minimum atomic E-state index is -0.204. The van der Waals surface area contributed by atoms with E-state index in [1.165, 1.54) is 22.7 Å². The van der Waals surface area contributed by atoms with Crippen molar-refractivity contribution >= 4 is 55.4 Å². The smallest absolute Gasteiger partial charge is 0.269 e. The summed E-state index contributed by atoms with van der Waals surface area (Å²) in [5, 5.41) is 6.77. The first-order chi connectivity index (χ1) is 9.56. The van der Waals surface area contributed by atoms with Gasteiger partial charge in [0.2, 0.25) is 0 Å². The third kappa shape index (κ3) is 2.32. The standard InChI is InChI=1S/C14H11ClN2OS2/c1-7-4-3-5-9-10(7)11(15)12(20-9)13(18)17-14-16-8(2)6-19-14/h3-6H,1-2H3,(H,16,17,18). The Morgan fingerprint density at radius 2 is 2.15 bits per heavy atom. The first-order valence-electron chi connectivity index (χ1n) is 5.97. The molecular weight excluding hydrogens is 312 g/mol. The number of thiazole rings is 1. The van der Waals surface area contributed by atoms with Gasteiger partial charge in [-0.1, -0.05) is 23.7 Å². The fourth-order valence-corrected chi connectivity index (χ4v) is 4.25. The van der Waals surface area contributed by atoms with Crippen molar-refractivity contribution in [3.63, 3.8) is 0 Å². The summed E-state index contributed by atoms with van der Waals surface area (Å²) in [5.41, 5.74) is 1.97. The summed E-state index contributed by atoms with van der Waals surface area (Å²) in [6, 6.07) is 5.94. The van der Waals surface area contributed by atoms with Crippen molar-refractivity contribution in [1.29, 1.82) is 0 Å². The molecule has 0 saturated heterocycles. The number of rotatable bonds is 2. The van der Waals surface area contributed by atoms with E-state index in [0.29, 0.717) is 15.0 Å². The molecule has 0 unspecified atom stereocenters. The lowest BCUT2D eigenvalue weighted by Gasteiger charge is -1.99. The van der Waals surface area contributed by atoms with Gasteiger partial charge < -0.3 is 0 Å². The zero-order valence-electron chi connectivity index (χ0n) is 10.9. The highest BCUT2D eigenvalue weighted by molar-refractivity contribution is 7.22. The Labute approximate surface area is 129 Å².